The number of carboxylic acid groups (broad SMARTS) is 1. The normalized spacial score (nSPS) is 12.3. The number of benzene rings is 7. The first-order valence-corrected chi connectivity index (χ1v) is 33.5. The lowest BCUT2D eigenvalue weighted by Crippen LogP contribution is -2.11. The molecule has 0 fully saturated rings. The van der Waals surface area contributed by atoms with E-state index in [2.05, 4.69) is 191 Å². The van der Waals surface area contributed by atoms with E-state index >= 15 is 0 Å². The highest BCUT2D eigenvalue weighted by Gasteiger charge is 2.21. The molecule has 444 valence electrons. The summed E-state index contributed by atoms with van der Waals surface area (Å²) in [4.78, 5) is 18.5. The van der Waals surface area contributed by atoms with Gasteiger partial charge >= 0.3 is 5.97 Å². The summed E-state index contributed by atoms with van der Waals surface area (Å²) in [7, 11) is 0. The van der Waals surface area contributed by atoms with Crippen molar-refractivity contribution in [3.05, 3.63) is 193 Å². The van der Waals surface area contributed by atoms with Gasteiger partial charge in [0.15, 0.2) is 0 Å². The van der Waals surface area contributed by atoms with Gasteiger partial charge in [0.05, 0.1) is 24.9 Å². The summed E-state index contributed by atoms with van der Waals surface area (Å²) in [6.45, 7) is 12.8. The molecule has 0 aliphatic heterocycles. The van der Waals surface area contributed by atoms with E-state index in [0.717, 1.165) is 138 Å². The molecule has 8 nitrogen and oxygen atoms in total. The fourth-order valence-corrected chi connectivity index (χ4v) is 14.1. The molecule has 0 amide bonds. The van der Waals surface area contributed by atoms with Crippen molar-refractivity contribution in [3.63, 3.8) is 0 Å². The molecule has 0 bridgehead atoms. The van der Waals surface area contributed by atoms with E-state index in [9.17, 15) is 15.2 Å². The van der Waals surface area contributed by atoms with Gasteiger partial charge in [-0.1, -0.05) is 189 Å². The summed E-state index contributed by atoms with van der Waals surface area (Å²) < 4.78 is 22.4. The molecule has 0 aliphatic carbocycles. The van der Waals surface area contributed by atoms with Crippen LogP contribution in [0.4, 0.5) is 17.1 Å². The van der Waals surface area contributed by atoms with Gasteiger partial charge in [0.1, 0.15) is 34.2 Å². The lowest BCUT2D eigenvalue weighted by molar-refractivity contribution is -0.132. The average Bonchev–Trinajstić information content (AvgIpc) is 2.92. The van der Waals surface area contributed by atoms with Crippen LogP contribution < -0.4 is 14.4 Å². The van der Waals surface area contributed by atoms with Crippen molar-refractivity contribution in [2.45, 2.75) is 118 Å². The van der Waals surface area contributed by atoms with Gasteiger partial charge in [0, 0.05) is 47.7 Å². The highest BCUT2D eigenvalue weighted by molar-refractivity contribution is 7.19. The predicted octanol–water partition coefficient (Wildman–Crippen LogP) is 22.6. The molecule has 87 heavy (non-hydrogen) atoms. The van der Waals surface area contributed by atoms with Crippen LogP contribution in [0, 0.1) is 23.2 Å². The number of carboxylic acids is 1. The Bertz CT molecular complexity index is 3790. The number of hydrogen-bond donors (Lipinski definition) is 1. The van der Waals surface area contributed by atoms with Crippen LogP contribution in [0.2, 0.25) is 0 Å². The number of aromatic nitrogens is 2. The molecule has 2 unspecified atom stereocenters. The van der Waals surface area contributed by atoms with Gasteiger partial charge in [0.25, 0.3) is 0 Å². The van der Waals surface area contributed by atoms with Gasteiger partial charge in [-0.2, -0.15) is 14.0 Å². The Kier molecular flexibility index (Phi) is 21.7. The minimum atomic E-state index is -1.23. The van der Waals surface area contributed by atoms with Crippen LogP contribution in [-0.4, -0.2) is 33.0 Å². The second-order valence-electron chi connectivity index (χ2n) is 22.6. The molecule has 10 aromatic rings. The maximum absolute atomic E-state index is 11.5. The second kappa shape index (κ2) is 30.5. The summed E-state index contributed by atoms with van der Waals surface area (Å²) in [5.74, 6) is 1.76. The SMILES string of the molecule is CCCCCCc1cc(-c2ccc(-c3ccc(-c4ccc(N(c5ccc(-c6ccc(OCC(CC)CCCC)cc6)cc5)c5ccc(-c6ccc(OCC(CC)CCCC)cc6)cc5)cc4)s3)c3nsnc23)sc1-c1ccc(/C=C(/C#N)C(=O)O)cc1. The van der Waals surface area contributed by atoms with Crippen LogP contribution in [0.1, 0.15) is 123 Å². The summed E-state index contributed by atoms with van der Waals surface area (Å²) in [6.07, 6.45) is 16.6. The number of carbonyl (C=O) groups is 1. The minimum Gasteiger partial charge on any atom is -0.493 e. The van der Waals surface area contributed by atoms with Crippen molar-refractivity contribution in [2.75, 3.05) is 18.1 Å². The molecule has 0 radical (unpaired) electrons. The van der Waals surface area contributed by atoms with Gasteiger partial charge in [-0.15, -0.1) is 22.7 Å². The molecule has 11 heteroatoms. The smallest absolute Gasteiger partial charge is 0.346 e. The van der Waals surface area contributed by atoms with E-state index in [1.165, 1.54) is 86.0 Å². The molecule has 0 saturated carbocycles. The lowest BCUT2D eigenvalue weighted by Gasteiger charge is -2.26. The molecule has 1 N–H and O–H groups in total. The zero-order valence-electron chi connectivity index (χ0n) is 50.8. The van der Waals surface area contributed by atoms with E-state index < -0.39 is 5.97 Å². The fourth-order valence-electron chi connectivity index (χ4n) is 11.2. The summed E-state index contributed by atoms with van der Waals surface area (Å²) in [6, 6.07) is 64.5. The van der Waals surface area contributed by atoms with Crippen molar-refractivity contribution in [3.8, 4) is 81.6 Å². The Morgan fingerprint density at radius 1 is 0.529 bits per heavy atom. The highest BCUT2D eigenvalue weighted by atomic mass is 32.1. The maximum Gasteiger partial charge on any atom is 0.346 e. The number of aliphatic carboxylic acids is 1. The van der Waals surface area contributed by atoms with Crippen LogP contribution in [0.15, 0.2) is 181 Å². The molecule has 10 rings (SSSR count). The monoisotopic (exact) mass is 1210 g/mol. The van der Waals surface area contributed by atoms with Crippen LogP contribution in [0.3, 0.4) is 0 Å². The number of rotatable bonds is 30. The van der Waals surface area contributed by atoms with Gasteiger partial charge in [0.2, 0.25) is 0 Å². The maximum atomic E-state index is 11.5. The van der Waals surface area contributed by atoms with Crippen LogP contribution >= 0.6 is 34.4 Å². The van der Waals surface area contributed by atoms with E-state index in [-0.39, 0.29) is 5.57 Å². The van der Waals surface area contributed by atoms with Gasteiger partial charge < -0.3 is 19.5 Å². The number of nitriles is 1. The predicted molar refractivity (Wildman–Crippen MR) is 367 cm³/mol. The number of thiophene rings is 2. The van der Waals surface area contributed by atoms with Crippen molar-refractivity contribution < 1.29 is 19.4 Å². The Morgan fingerprint density at radius 2 is 0.989 bits per heavy atom. The third kappa shape index (κ3) is 15.5. The summed E-state index contributed by atoms with van der Waals surface area (Å²) in [5.41, 5.74) is 15.5. The van der Waals surface area contributed by atoms with Crippen molar-refractivity contribution in [2.24, 2.45) is 11.8 Å². The van der Waals surface area contributed by atoms with Crippen LogP contribution in [0.5, 0.6) is 11.5 Å². The Labute approximate surface area is 526 Å². The molecule has 0 aliphatic rings. The van der Waals surface area contributed by atoms with E-state index in [4.69, 9.17) is 18.2 Å². The number of fused-ring (bicyclic) bond motifs is 1. The average molecular weight is 1210 g/mol. The van der Waals surface area contributed by atoms with Crippen molar-refractivity contribution in [1.29, 1.82) is 5.26 Å². The third-order valence-corrected chi connectivity index (χ3v) is 19.5. The van der Waals surface area contributed by atoms with Gasteiger partial charge in [-0.25, -0.2) is 4.79 Å². The van der Waals surface area contributed by atoms with E-state index in [1.807, 2.05) is 24.3 Å². The Balaban J connectivity index is 0.901. The summed E-state index contributed by atoms with van der Waals surface area (Å²) in [5, 5.41) is 18.8. The first kappa shape index (κ1) is 61.9. The second-order valence-corrected chi connectivity index (χ2v) is 25.3. The van der Waals surface area contributed by atoms with Crippen molar-refractivity contribution in [1.82, 2.24) is 8.75 Å². The largest absolute Gasteiger partial charge is 0.493 e. The molecular formula is C76H78N4O4S3. The molecular weight excluding hydrogens is 1130 g/mol. The molecule has 0 spiro atoms. The number of anilines is 3. The Hall–Kier alpha value is -8.14. The van der Waals surface area contributed by atoms with E-state index in [0.29, 0.717) is 17.4 Å². The lowest BCUT2D eigenvalue weighted by atomic mass is 10.0. The molecule has 3 heterocycles. The van der Waals surface area contributed by atoms with Gasteiger partial charge in [-0.05, 0) is 167 Å². The minimum absolute atomic E-state index is 0.293. The number of nitrogens with zero attached hydrogens (tertiary/aromatic N) is 4. The van der Waals surface area contributed by atoms with Crippen LogP contribution in [0.25, 0.3) is 81.1 Å². The quantitative estimate of drug-likeness (QED) is 0.0269. The molecule has 2 atom stereocenters. The highest BCUT2D eigenvalue weighted by Crippen LogP contribution is 2.46. The molecule has 0 saturated heterocycles. The number of ether oxygens (including phenoxy) is 2. The van der Waals surface area contributed by atoms with Gasteiger partial charge in [-0.3, -0.25) is 0 Å². The number of aryl methyl sites for hydroxylation is 1. The number of unbranched alkanes of at least 4 members (excludes halogenated alkanes) is 5. The third-order valence-electron chi connectivity index (χ3n) is 16.6. The van der Waals surface area contributed by atoms with Crippen LogP contribution in [-0.2, 0) is 11.2 Å². The zero-order chi connectivity index (χ0) is 60.5. The zero-order valence-corrected chi connectivity index (χ0v) is 53.2. The Morgan fingerprint density at radius 3 is 1.46 bits per heavy atom. The first-order chi connectivity index (χ1) is 42.7. The molecule has 3 aromatic heterocycles. The van der Waals surface area contributed by atoms with Crippen molar-refractivity contribution >= 4 is 74.5 Å². The fraction of sp³-hybridized carbons (Fsp3) is 0.289. The molecule has 7 aromatic carbocycles. The number of hydrogen-bond acceptors (Lipinski definition) is 10. The first-order valence-electron chi connectivity index (χ1n) is 31.2. The van der Waals surface area contributed by atoms with E-state index in [1.54, 1.807) is 28.7 Å². The standard InChI is InChI=1S/C76H78N4O4S3/c1-6-11-14-15-18-61-48-72(86-75(61)60-21-19-54(20-22-60)47-62(49-77)76(81)82)69-44-43-68(73-74(69)79-87-78-73)71-46-45-70(85-71)59-27-37-65(38-28-59)80(63-33-23-55(24-34-63)57-29-39-66(40-30-57)83-50-52(9-4)16-12-7-2)64-35-25-56(26-36-64)58-31-41-67(42-32-58)84-51-53(10-5)17-13-8-3/h19-48,52-53H,6-18,50-51H2,1-5H3,(H,81,82)/b62-47-. The summed E-state index contributed by atoms with van der Waals surface area (Å²) >= 11 is 4.76. The topological polar surface area (TPSA) is 109 Å².